The molecule has 1 aromatic carbocycles. The van der Waals surface area contributed by atoms with Crippen LogP contribution in [0.1, 0.15) is 31.7 Å². The maximum atomic E-state index is 6.24. The number of alkyl halides is 1. The van der Waals surface area contributed by atoms with Crippen molar-refractivity contribution in [2.45, 2.75) is 36.4 Å². The first-order chi connectivity index (χ1) is 7.01. The van der Waals surface area contributed by atoms with E-state index in [2.05, 4.69) is 22.9 Å². The molecule has 1 saturated carbocycles. The van der Waals surface area contributed by atoms with Gasteiger partial charge in [-0.15, -0.1) is 0 Å². The molecule has 3 heteroatoms. The van der Waals surface area contributed by atoms with Crippen molar-refractivity contribution in [2.24, 2.45) is 0 Å². The highest BCUT2D eigenvalue weighted by Gasteiger charge is 2.36. The molecule has 0 heterocycles. The third kappa shape index (κ3) is 2.35. The molecule has 0 bridgehead atoms. The fraction of sp³-hybridized carbons (Fsp3) is 0.500. The summed E-state index contributed by atoms with van der Waals surface area (Å²) in [4.78, 5) is 0.609. The molecule has 1 aliphatic rings. The number of hydrogen-bond donors (Lipinski definition) is 0. The van der Waals surface area contributed by atoms with Crippen LogP contribution in [-0.2, 0) is 5.41 Å². The quantitative estimate of drug-likeness (QED) is 0.626. The van der Waals surface area contributed by atoms with E-state index in [1.807, 2.05) is 18.2 Å². The van der Waals surface area contributed by atoms with E-state index in [-0.39, 0.29) is 5.41 Å². The molecule has 0 nitrogen and oxygen atoms in total. The minimum absolute atomic E-state index is 0.177. The summed E-state index contributed by atoms with van der Waals surface area (Å²) in [6, 6.07) is 5.75. The SMILES string of the molecule is CC1(c2cc(Cl)ccc2Cl)CCC(Br)C1. The Bertz CT molecular complexity index is 378. The summed E-state index contributed by atoms with van der Waals surface area (Å²) in [5.41, 5.74) is 1.37. The molecule has 2 rings (SSSR count). The second kappa shape index (κ2) is 4.27. The molecule has 15 heavy (non-hydrogen) atoms. The van der Waals surface area contributed by atoms with Crippen LogP contribution in [0.2, 0.25) is 10.0 Å². The second-order valence-corrected chi connectivity index (χ2v) is 6.66. The minimum atomic E-state index is 0.177. The summed E-state index contributed by atoms with van der Waals surface area (Å²) >= 11 is 15.9. The standard InChI is InChI=1S/C12H13BrCl2/c1-12(5-4-8(13)7-12)10-6-9(14)2-3-11(10)15/h2-3,6,8H,4-5,7H2,1H3. The minimum Gasteiger partial charge on any atom is -0.0890 e. The molecule has 82 valence electrons. The Hall–Kier alpha value is 0.280. The molecule has 2 atom stereocenters. The van der Waals surface area contributed by atoms with Gasteiger partial charge in [0.2, 0.25) is 0 Å². The first-order valence-corrected chi connectivity index (χ1v) is 6.78. The fourth-order valence-corrected chi connectivity index (χ4v) is 3.83. The lowest BCUT2D eigenvalue weighted by Gasteiger charge is -2.25. The summed E-state index contributed by atoms with van der Waals surface area (Å²) in [7, 11) is 0. The average Bonchev–Trinajstić information content (AvgIpc) is 2.52. The van der Waals surface area contributed by atoms with Crippen LogP contribution < -0.4 is 0 Å². The average molecular weight is 308 g/mol. The highest BCUT2D eigenvalue weighted by molar-refractivity contribution is 9.09. The summed E-state index contributed by atoms with van der Waals surface area (Å²) < 4.78 is 0. The van der Waals surface area contributed by atoms with Gasteiger partial charge in [0, 0.05) is 14.9 Å². The lowest BCUT2D eigenvalue weighted by molar-refractivity contribution is 0.493. The van der Waals surface area contributed by atoms with Crippen LogP contribution in [0.3, 0.4) is 0 Å². The van der Waals surface area contributed by atoms with Crippen molar-refractivity contribution < 1.29 is 0 Å². The molecule has 1 fully saturated rings. The second-order valence-electron chi connectivity index (χ2n) is 4.52. The molecule has 0 saturated heterocycles. The summed E-state index contributed by atoms with van der Waals surface area (Å²) in [5.74, 6) is 0. The Labute approximate surface area is 109 Å². The lowest BCUT2D eigenvalue weighted by atomic mass is 9.81. The normalized spacial score (nSPS) is 30.8. The molecule has 0 spiro atoms. The predicted octanol–water partition coefficient (Wildman–Crippen LogP) is 5.20. The molecule has 0 aromatic heterocycles. The molecule has 1 aliphatic carbocycles. The maximum absolute atomic E-state index is 6.24. The molecule has 1 aromatic rings. The van der Waals surface area contributed by atoms with Crippen LogP contribution in [0.4, 0.5) is 0 Å². The van der Waals surface area contributed by atoms with Crippen LogP contribution >= 0.6 is 39.1 Å². The third-order valence-corrected chi connectivity index (χ3v) is 4.61. The van der Waals surface area contributed by atoms with Gasteiger partial charge in [0.15, 0.2) is 0 Å². The van der Waals surface area contributed by atoms with Gasteiger partial charge in [-0.1, -0.05) is 46.1 Å². The number of rotatable bonds is 1. The highest BCUT2D eigenvalue weighted by atomic mass is 79.9. The molecule has 0 N–H and O–H groups in total. The highest BCUT2D eigenvalue weighted by Crippen LogP contribution is 2.46. The van der Waals surface area contributed by atoms with E-state index in [1.54, 1.807) is 0 Å². The molecular weight excluding hydrogens is 295 g/mol. The van der Waals surface area contributed by atoms with Crippen molar-refractivity contribution in [1.82, 2.24) is 0 Å². The van der Waals surface area contributed by atoms with Gasteiger partial charge >= 0.3 is 0 Å². The number of halogens is 3. The maximum Gasteiger partial charge on any atom is 0.0444 e. The zero-order valence-corrected chi connectivity index (χ0v) is 11.7. The van der Waals surface area contributed by atoms with Crippen molar-refractivity contribution in [2.75, 3.05) is 0 Å². The van der Waals surface area contributed by atoms with Crippen molar-refractivity contribution >= 4 is 39.1 Å². The Morgan fingerprint density at radius 1 is 1.40 bits per heavy atom. The van der Waals surface area contributed by atoms with Gasteiger partial charge in [0.1, 0.15) is 0 Å². The van der Waals surface area contributed by atoms with Crippen molar-refractivity contribution in [3.05, 3.63) is 33.8 Å². The van der Waals surface area contributed by atoms with Gasteiger partial charge in [0.05, 0.1) is 0 Å². The fourth-order valence-electron chi connectivity index (χ4n) is 2.37. The monoisotopic (exact) mass is 306 g/mol. The zero-order chi connectivity index (χ0) is 11.1. The lowest BCUT2D eigenvalue weighted by Crippen LogP contribution is -2.18. The van der Waals surface area contributed by atoms with Crippen molar-refractivity contribution in [1.29, 1.82) is 0 Å². The van der Waals surface area contributed by atoms with Gasteiger partial charge in [-0.05, 0) is 48.4 Å². The van der Waals surface area contributed by atoms with Crippen LogP contribution in [-0.4, -0.2) is 4.83 Å². The molecule has 0 aliphatic heterocycles. The van der Waals surface area contributed by atoms with E-state index < -0.39 is 0 Å². The molecular formula is C12H13BrCl2. The van der Waals surface area contributed by atoms with Gasteiger partial charge in [0.25, 0.3) is 0 Å². The summed E-state index contributed by atoms with van der Waals surface area (Å²) in [6.07, 6.45) is 3.51. The van der Waals surface area contributed by atoms with Crippen LogP contribution in [0.15, 0.2) is 18.2 Å². The van der Waals surface area contributed by atoms with Crippen molar-refractivity contribution in [3.8, 4) is 0 Å². The van der Waals surface area contributed by atoms with E-state index in [0.29, 0.717) is 4.83 Å². The van der Waals surface area contributed by atoms with E-state index in [1.165, 1.54) is 18.4 Å². The van der Waals surface area contributed by atoms with Gasteiger partial charge in [-0.3, -0.25) is 0 Å². The first kappa shape index (κ1) is 11.8. The first-order valence-electron chi connectivity index (χ1n) is 5.11. The Balaban J connectivity index is 2.40. The molecule has 2 unspecified atom stereocenters. The summed E-state index contributed by atoms with van der Waals surface area (Å²) in [5, 5.41) is 1.61. The van der Waals surface area contributed by atoms with Gasteiger partial charge in [-0.2, -0.15) is 0 Å². The molecule has 0 radical (unpaired) electrons. The van der Waals surface area contributed by atoms with Crippen LogP contribution in [0.25, 0.3) is 0 Å². The van der Waals surface area contributed by atoms with E-state index in [4.69, 9.17) is 23.2 Å². The van der Waals surface area contributed by atoms with Crippen LogP contribution in [0, 0.1) is 0 Å². The summed E-state index contributed by atoms with van der Waals surface area (Å²) in [6.45, 7) is 2.27. The van der Waals surface area contributed by atoms with Crippen molar-refractivity contribution in [3.63, 3.8) is 0 Å². The van der Waals surface area contributed by atoms with E-state index >= 15 is 0 Å². The number of benzene rings is 1. The van der Waals surface area contributed by atoms with Gasteiger partial charge < -0.3 is 0 Å². The van der Waals surface area contributed by atoms with Crippen LogP contribution in [0.5, 0.6) is 0 Å². The Morgan fingerprint density at radius 2 is 2.13 bits per heavy atom. The predicted molar refractivity (Wildman–Crippen MR) is 70.4 cm³/mol. The number of hydrogen-bond acceptors (Lipinski definition) is 0. The topological polar surface area (TPSA) is 0 Å². The van der Waals surface area contributed by atoms with E-state index in [9.17, 15) is 0 Å². The smallest absolute Gasteiger partial charge is 0.0444 e. The Kier molecular flexibility index (Phi) is 3.35. The Morgan fingerprint density at radius 3 is 2.73 bits per heavy atom. The third-order valence-electron chi connectivity index (χ3n) is 3.26. The zero-order valence-electron chi connectivity index (χ0n) is 8.56. The largest absolute Gasteiger partial charge is 0.0890 e. The van der Waals surface area contributed by atoms with Gasteiger partial charge in [-0.25, -0.2) is 0 Å². The molecule has 0 amide bonds. The van der Waals surface area contributed by atoms with E-state index in [0.717, 1.165) is 16.5 Å².